The Morgan fingerprint density at radius 2 is 1.96 bits per heavy atom. The van der Waals surface area contributed by atoms with Crippen molar-refractivity contribution >= 4 is 33.2 Å². The van der Waals surface area contributed by atoms with E-state index in [1.54, 1.807) is 0 Å². The number of benzene rings is 1. The molecular weight excluding hydrogens is 433 g/mol. The molecule has 0 aliphatic heterocycles. The number of amides is 1. The third-order valence-corrected chi connectivity index (χ3v) is 4.99. The standard InChI is InChI=1S/C16H14BrF3N4O3/c1-8(15(25)21-10-4-6-11(7-5-10)24(26)27)23-13(9-2-3-9)12(17)14(22-23)16(18,19)20/h4-9H,2-3H2,1H3,(H,21,25). The number of rotatable bonds is 5. The Morgan fingerprint density at radius 3 is 2.44 bits per heavy atom. The molecule has 0 spiro atoms. The van der Waals surface area contributed by atoms with Gasteiger partial charge in [-0.3, -0.25) is 19.6 Å². The molecule has 1 aromatic carbocycles. The summed E-state index contributed by atoms with van der Waals surface area (Å²) >= 11 is 2.99. The molecular formula is C16H14BrF3N4O3. The maximum absolute atomic E-state index is 13.2. The molecule has 1 heterocycles. The molecule has 144 valence electrons. The number of nitrogens with zero attached hydrogens (tertiary/aromatic N) is 3. The fourth-order valence-corrected chi connectivity index (χ4v) is 3.46. The molecule has 27 heavy (non-hydrogen) atoms. The lowest BCUT2D eigenvalue weighted by Gasteiger charge is -2.16. The Kier molecular flexibility index (Phi) is 4.98. The Hall–Kier alpha value is -2.43. The molecule has 0 saturated heterocycles. The average molecular weight is 447 g/mol. The molecule has 1 aliphatic carbocycles. The van der Waals surface area contributed by atoms with Crippen molar-refractivity contribution in [2.24, 2.45) is 0 Å². The molecule has 0 bridgehead atoms. The first kappa shape index (κ1) is 19.3. The van der Waals surface area contributed by atoms with Crippen LogP contribution >= 0.6 is 15.9 Å². The monoisotopic (exact) mass is 446 g/mol. The number of alkyl halides is 3. The van der Waals surface area contributed by atoms with Crippen molar-refractivity contribution in [1.29, 1.82) is 0 Å². The summed E-state index contributed by atoms with van der Waals surface area (Å²) in [7, 11) is 0. The van der Waals surface area contributed by atoms with Crippen LogP contribution in [0.15, 0.2) is 28.7 Å². The molecule has 3 rings (SSSR count). The highest BCUT2D eigenvalue weighted by molar-refractivity contribution is 9.10. The minimum Gasteiger partial charge on any atom is -0.324 e. The van der Waals surface area contributed by atoms with E-state index < -0.39 is 28.7 Å². The lowest BCUT2D eigenvalue weighted by Crippen LogP contribution is -2.26. The second-order valence-corrected chi connectivity index (χ2v) is 7.03. The molecule has 1 aliphatic rings. The second-order valence-electron chi connectivity index (χ2n) is 6.23. The quantitative estimate of drug-likeness (QED) is 0.534. The summed E-state index contributed by atoms with van der Waals surface area (Å²) in [5, 5.41) is 16.8. The minimum absolute atomic E-state index is 0.0717. The van der Waals surface area contributed by atoms with E-state index in [0.29, 0.717) is 11.4 Å². The molecule has 1 fully saturated rings. The summed E-state index contributed by atoms with van der Waals surface area (Å²) in [4.78, 5) is 22.6. The first-order valence-corrected chi connectivity index (χ1v) is 8.79. The van der Waals surface area contributed by atoms with Gasteiger partial charge in [0.2, 0.25) is 5.91 Å². The van der Waals surface area contributed by atoms with Crippen LogP contribution in [0.1, 0.15) is 43.1 Å². The number of aromatic nitrogens is 2. The molecule has 1 aromatic heterocycles. The fourth-order valence-electron chi connectivity index (χ4n) is 2.65. The lowest BCUT2D eigenvalue weighted by molar-refractivity contribution is -0.384. The largest absolute Gasteiger partial charge is 0.436 e. The lowest BCUT2D eigenvalue weighted by atomic mass is 10.2. The van der Waals surface area contributed by atoms with Gasteiger partial charge in [0.05, 0.1) is 15.1 Å². The number of anilines is 1. The van der Waals surface area contributed by atoms with Gasteiger partial charge in [-0.05, 0) is 47.8 Å². The third kappa shape index (κ3) is 3.97. The summed E-state index contributed by atoms with van der Waals surface area (Å²) in [6, 6.07) is 4.16. The molecule has 11 heteroatoms. The van der Waals surface area contributed by atoms with Crippen molar-refractivity contribution in [3.63, 3.8) is 0 Å². The van der Waals surface area contributed by atoms with Crippen LogP contribution < -0.4 is 5.32 Å². The molecule has 1 saturated carbocycles. The number of halogens is 4. The van der Waals surface area contributed by atoms with Crippen molar-refractivity contribution in [3.05, 3.63) is 50.2 Å². The van der Waals surface area contributed by atoms with Crippen molar-refractivity contribution in [2.45, 2.75) is 37.9 Å². The highest BCUT2D eigenvalue weighted by Gasteiger charge is 2.43. The van der Waals surface area contributed by atoms with E-state index in [-0.39, 0.29) is 16.1 Å². The second kappa shape index (κ2) is 6.95. The fraction of sp³-hybridized carbons (Fsp3) is 0.375. The molecule has 2 aromatic rings. The van der Waals surface area contributed by atoms with Crippen molar-refractivity contribution in [1.82, 2.24) is 9.78 Å². The van der Waals surface area contributed by atoms with Crippen LogP contribution in [0.4, 0.5) is 24.5 Å². The van der Waals surface area contributed by atoms with E-state index in [9.17, 15) is 28.1 Å². The summed E-state index contributed by atoms with van der Waals surface area (Å²) in [5.74, 6) is -0.646. The average Bonchev–Trinajstić information content (AvgIpc) is 3.36. The molecule has 0 radical (unpaired) electrons. The number of nitrogens with one attached hydrogen (secondary N) is 1. The number of non-ortho nitro benzene ring substituents is 1. The van der Waals surface area contributed by atoms with Crippen LogP contribution in [0.2, 0.25) is 0 Å². The summed E-state index contributed by atoms with van der Waals surface area (Å²) in [6.45, 7) is 1.45. The summed E-state index contributed by atoms with van der Waals surface area (Å²) in [5.41, 5.74) is -0.538. The van der Waals surface area contributed by atoms with E-state index in [1.165, 1.54) is 31.2 Å². The Labute approximate surface area is 159 Å². The number of hydrogen-bond donors (Lipinski definition) is 1. The summed E-state index contributed by atoms with van der Waals surface area (Å²) < 4.78 is 40.5. The third-order valence-electron chi connectivity index (χ3n) is 4.21. The first-order chi connectivity index (χ1) is 12.6. The SMILES string of the molecule is CC(C(=O)Nc1ccc([N+](=O)[O-])cc1)n1nc(C(F)(F)F)c(Br)c1C1CC1. The predicted octanol–water partition coefficient (Wildman–Crippen LogP) is 4.65. The van der Waals surface area contributed by atoms with Gasteiger partial charge in [0.1, 0.15) is 6.04 Å². The summed E-state index contributed by atoms with van der Waals surface area (Å²) in [6.07, 6.45) is -3.17. The van der Waals surface area contributed by atoms with Gasteiger partial charge < -0.3 is 5.32 Å². The molecule has 7 nitrogen and oxygen atoms in total. The normalized spacial score (nSPS) is 15.4. The molecule has 1 unspecified atom stereocenters. The Balaban J connectivity index is 1.85. The smallest absolute Gasteiger partial charge is 0.324 e. The van der Waals surface area contributed by atoms with Gasteiger partial charge >= 0.3 is 6.18 Å². The zero-order valence-electron chi connectivity index (χ0n) is 14.0. The highest BCUT2D eigenvalue weighted by atomic mass is 79.9. The number of nitro groups is 1. The van der Waals surface area contributed by atoms with Crippen molar-refractivity contribution < 1.29 is 22.9 Å². The van der Waals surface area contributed by atoms with Crippen molar-refractivity contribution in [3.8, 4) is 0 Å². The van der Waals surface area contributed by atoms with Crippen LogP contribution in [0.5, 0.6) is 0 Å². The van der Waals surface area contributed by atoms with Gasteiger partial charge in [-0.2, -0.15) is 18.3 Å². The Morgan fingerprint density at radius 1 is 1.37 bits per heavy atom. The van der Waals surface area contributed by atoms with Crippen LogP contribution in [-0.4, -0.2) is 20.6 Å². The van der Waals surface area contributed by atoms with E-state index in [0.717, 1.165) is 17.5 Å². The predicted molar refractivity (Wildman–Crippen MR) is 93.3 cm³/mol. The van der Waals surface area contributed by atoms with Crippen LogP contribution in [0.3, 0.4) is 0 Å². The molecule has 1 amide bonds. The van der Waals surface area contributed by atoms with Gasteiger partial charge in [0, 0.05) is 23.7 Å². The number of carbonyl (C=O) groups is 1. The van der Waals surface area contributed by atoms with Gasteiger partial charge in [-0.25, -0.2) is 0 Å². The maximum Gasteiger partial charge on any atom is 0.436 e. The number of carbonyl (C=O) groups excluding carboxylic acids is 1. The zero-order valence-corrected chi connectivity index (χ0v) is 15.5. The van der Waals surface area contributed by atoms with Crippen LogP contribution in [0.25, 0.3) is 0 Å². The zero-order chi connectivity index (χ0) is 19.9. The van der Waals surface area contributed by atoms with E-state index in [2.05, 4.69) is 26.3 Å². The Bertz CT molecular complexity index is 892. The van der Waals surface area contributed by atoms with E-state index in [4.69, 9.17) is 0 Å². The van der Waals surface area contributed by atoms with Crippen molar-refractivity contribution in [2.75, 3.05) is 5.32 Å². The van der Waals surface area contributed by atoms with Gasteiger partial charge in [-0.15, -0.1) is 0 Å². The molecule has 1 N–H and O–H groups in total. The highest BCUT2D eigenvalue weighted by Crippen LogP contribution is 2.47. The van der Waals surface area contributed by atoms with Crippen LogP contribution in [0, 0.1) is 10.1 Å². The van der Waals surface area contributed by atoms with Gasteiger partial charge in [0.15, 0.2) is 5.69 Å². The van der Waals surface area contributed by atoms with Crippen LogP contribution in [-0.2, 0) is 11.0 Å². The molecule has 1 atom stereocenters. The van der Waals surface area contributed by atoms with Gasteiger partial charge in [-0.1, -0.05) is 0 Å². The number of hydrogen-bond acceptors (Lipinski definition) is 4. The van der Waals surface area contributed by atoms with Gasteiger partial charge in [0.25, 0.3) is 5.69 Å². The number of nitro benzene ring substituents is 1. The minimum atomic E-state index is -4.64. The topological polar surface area (TPSA) is 90.1 Å². The van der Waals surface area contributed by atoms with E-state index in [1.807, 2.05) is 0 Å². The van der Waals surface area contributed by atoms with E-state index >= 15 is 0 Å². The maximum atomic E-state index is 13.2. The first-order valence-electron chi connectivity index (χ1n) is 8.00.